The summed E-state index contributed by atoms with van der Waals surface area (Å²) in [6.07, 6.45) is 1.51. The highest BCUT2D eigenvalue weighted by Gasteiger charge is 2.21. The van der Waals surface area contributed by atoms with Gasteiger partial charge in [-0.15, -0.1) is 0 Å². The normalized spacial score (nSPS) is 13.8. The summed E-state index contributed by atoms with van der Waals surface area (Å²) >= 11 is 2.24. The first-order valence-corrected chi connectivity index (χ1v) is 9.20. The van der Waals surface area contributed by atoms with E-state index in [9.17, 15) is 9.59 Å². The highest BCUT2D eigenvalue weighted by molar-refractivity contribution is 14.1. The summed E-state index contributed by atoms with van der Waals surface area (Å²) in [5.41, 5.74) is 2.80. The minimum atomic E-state index is -0.210. The van der Waals surface area contributed by atoms with Crippen molar-refractivity contribution in [1.82, 2.24) is 0 Å². The number of nitrogens with one attached hydrogen (secondary N) is 1. The average Bonchev–Trinajstić information content (AvgIpc) is 3.03. The molecule has 0 aliphatic carbocycles. The van der Waals surface area contributed by atoms with Crippen molar-refractivity contribution in [3.63, 3.8) is 0 Å². The highest BCUT2D eigenvalue weighted by atomic mass is 127. The van der Waals surface area contributed by atoms with Gasteiger partial charge in [-0.25, -0.2) is 0 Å². The first kappa shape index (κ1) is 17.7. The van der Waals surface area contributed by atoms with E-state index in [-0.39, 0.29) is 18.4 Å². The molecule has 0 aromatic heterocycles. The monoisotopic (exact) mass is 450 g/mol. The third-order valence-corrected chi connectivity index (χ3v) is 5.21. The molecule has 6 heteroatoms. The van der Waals surface area contributed by atoms with E-state index in [0.29, 0.717) is 12.2 Å². The van der Waals surface area contributed by atoms with Crippen molar-refractivity contribution in [2.75, 3.05) is 23.4 Å². The van der Waals surface area contributed by atoms with Crippen LogP contribution in [-0.2, 0) is 9.59 Å². The molecule has 1 N–H and O–H groups in total. The number of hydrogen-bond donors (Lipinski definition) is 1. The van der Waals surface area contributed by atoms with Crippen LogP contribution in [0.2, 0.25) is 0 Å². The summed E-state index contributed by atoms with van der Waals surface area (Å²) in [6, 6.07) is 13.0. The highest BCUT2D eigenvalue weighted by Crippen LogP contribution is 2.24. The van der Waals surface area contributed by atoms with Crippen LogP contribution in [0.4, 0.5) is 11.4 Å². The van der Waals surface area contributed by atoms with Crippen LogP contribution in [0, 0.1) is 10.5 Å². The summed E-state index contributed by atoms with van der Waals surface area (Å²) in [7, 11) is 0. The Morgan fingerprint density at radius 3 is 2.64 bits per heavy atom. The Morgan fingerprint density at radius 2 is 2.00 bits per heavy atom. The molecular weight excluding hydrogens is 431 g/mol. The van der Waals surface area contributed by atoms with Gasteiger partial charge in [-0.3, -0.25) is 9.59 Å². The Hall–Kier alpha value is -2.09. The van der Waals surface area contributed by atoms with Gasteiger partial charge in [-0.1, -0.05) is 6.07 Å². The van der Waals surface area contributed by atoms with Gasteiger partial charge in [0.05, 0.1) is 0 Å². The fraction of sp³-hybridized carbons (Fsp3) is 0.263. The molecule has 3 rings (SSSR count). The van der Waals surface area contributed by atoms with Gasteiger partial charge >= 0.3 is 0 Å². The molecule has 0 unspecified atom stereocenters. The van der Waals surface area contributed by atoms with Gasteiger partial charge < -0.3 is 15.0 Å². The number of amides is 2. The second-order valence-electron chi connectivity index (χ2n) is 5.94. The molecule has 25 heavy (non-hydrogen) atoms. The van der Waals surface area contributed by atoms with Gasteiger partial charge in [0.25, 0.3) is 5.91 Å². The van der Waals surface area contributed by atoms with E-state index < -0.39 is 0 Å². The molecular formula is C19H19IN2O3. The molecule has 1 aliphatic heterocycles. The molecule has 1 aliphatic rings. The maximum Gasteiger partial charge on any atom is 0.262 e. The average molecular weight is 450 g/mol. The number of ether oxygens (including phenoxy) is 1. The van der Waals surface area contributed by atoms with Crippen molar-refractivity contribution < 1.29 is 14.3 Å². The van der Waals surface area contributed by atoms with Gasteiger partial charge in [-0.05, 0) is 77.9 Å². The van der Waals surface area contributed by atoms with E-state index in [4.69, 9.17) is 4.74 Å². The Balaban J connectivity index is 1.53. The Bertz CT molecular complexity index is 790. The zero-order chi connectivity index (χ0) is 17.8. The number of rotatable bonds is 5. The number of benzene rings is 2. The van der Waals surface area contributed by atoms with Crippen molar-refractivity contribution in [1.29, 1.82) is 0 Å². The number of halogens is 1. The predicted octanol–water partition coefficient (Wildman–Crippen LogP) is 3.74. The summed E-state index contributed by atoms with van der Waals surface area (Å²) in [6.45, 7) is 2.72. The van der Waals surface area contributed by atoms with E-state index in [1.807, 2.05) is 37.3 Å². The molecule has 1 heterocycles. The smallest absolute Gasteiger partial charge is 0.262 e. The van der Waals surface area contributed by atoms with Gasteiger partial charge in [0.1, 0.15) is 5.75 Å². The van der Waals surface area contributed by atoms with Crippen molar-refractivity contribution >= 4 is 45.8 Å². The molecule has 0 spiro atoms. The summed E-state index contributed by atoms with van der Waals surface area (Å²) in [4.78, 5) is 25.5. The molecule has 2 aromatic carbocycles. The SMILES string of the molecule is Cc1ccc(NC(=O)COc2ccc(N3CCCC3=O)cc2)cc1I. The van der Waals surface area contributed by atoms with E-state index in [0.717, 1.165) is 27.9 Å². The molecule has 0 saturated carbocycles. The predicted molar refractivity (Wildman–Crippen MR) is 106 cm³/mol. The number of aryl methyl sites for hydroxylation is 1. The Labute approximate surface area is 160 Å². The topological polar surface area (TPSA) is 58.6 Å². The fourth-order valence-corrected chi connectivity index (χ4v) is 3.18. The van der Waals surface area contributed by atoms with E-state index in [2.05, 4.69) is 27.9 Å². The fourth-order valence-electron chi connectivity index (χ4n) is 2.66. The quantitative estimate of drug-likeness (QED) is 0.707. The second-order valence-corrected chi connectivity index (χ2v) is 7.11. The molecule has 1 saturated heterocycles. The first-order chi connectivity index (χ1) is 12.0. The maximum absolute atomic E-state index is 12.0. The molecule has 2 amide bonds. The van der Waals surface area contributed by atoms with Crippen LogP contribution in [0.3, 0.4) is 0 Å². The van der Waals surface area contributed by atoms with Crippen LogP contribution >= 0.6 is 22.6 Å². The summed E-state index contributed by atoms with van der Waals surface area (Å²) in [5, 5.41) is 2.82. The summed E-state index contributed by atoms with van der Waals surface area (Å²) < 4.78 is 6.62. The van der Waals surface area contributed by atoms with Crippen molar-refractivity contribution in [3.8, 4) is 5.75 Å². The molecule has 130 valence electrons. The third-order valence-electron chi connectivity index (χ3n) is 4.05. The lowest BCUT2D eigenvalue weighted by molar-refractivity contribution is -0.118. The number of carbonyl (C=O) groups excluding carboxylic acids is 2. The minimum Gasteiger partial charge on any atom is -0.484 e. The molecule has 2 aromatic rings. The lowest BCUT2D eigenvalue weighted by Crippen LogP contribution is -2.23. The molecule has 1 fully saturated rings. The standard InChI is InChI=1S/C19H19IN2O3/c1-13-4-5-14(11-17(13)20)21-18(23)12-25-16-8-6-15(7-9-16)22-10-2-3-19(22)24/h4-9,11H,2-3,10,12H2,1H3,(H,21,23). The van der Waals surface area contributed by atoms with Crippen LogP contribution in [-0.4, -0.2) is 25.0 Å². The lowest BCUT2D eigenvalue weighted by Gasteiger charge is -2.16. The van der Waals surface area contributed by atoms with Crippen molar-refractivity contribution in [2.45, 2.75) is 19.8 Å². The number of hydrogen-bond acceptors (Lipinski definition) is 3. The third kappa shape index (κ3) is 4.50. The van der Waals surface area contributed by atoms with Gasteiger partial charge in [0, 0.05) is 27.9 Å². The van der Waals surface area contributed by atoms with Crippen LogP contribution in [0.25, 0.3) is 0 Å². The van der Waals surface area contributed by atoms with Crippen LogP contribution in [0.5, 0.6) is 5.75 Å². The largest absolute Gasteiger partial charge is 0.484 e. The molecule has 0 atom stereocenters. The lowest BCUT2D eigenvalue weighted by atomic mass is 10.2. The maximum atomic E-state index is 12.0. The van der Waals surface area contributed by atoms with E-state index in [1.165, 1.54) is 5.56 Å². The number of carbonyl (C=O) groups is 2. The zero-order valence-corrected chi connectivity index (χ0v) is 16.1. The van der Waals surface area contributed by atoms with Crippen molar-refractivity contribution in [2.24, 2.45) is 0 Å². The van der Waals surface area contributed by atoms with Crippen LogP contribution in [0.1, 0.15) is 18.4 Å². The van der Waals surface area contributed by atoms with Crippen molar-refractivity contribution in [3.05, 3.63) is 51.6 Å². The number of nitrogens with zero attached hydrogens (tertiary/aromatic N) is 1. The molecule has 0 radical (unpaired) electrons. The first-order valence-electron chi connectivity index (χ1n) is 8.12. The van der Waals surface area contributed by atoms with Gasteiger partial charge in [0.15, 0.2) is 6.61 Å². The minimum absolute atomic E-state index is 0.0630. The van der Waals surface area contributed by atoms with Gasteiger partial charge in [-0.2, -0.15) is 0 Å². The van der Waals surface area contributed by atoms with Crippen LogP contribution < -0.4 is 15.0 Å². The Morgan fingerprint density at radius 1 is 1.24 bits per heavy atom. The molecule has 0 bridgehead atoms. The van der Waals surface area contributed by atoms with Crippen LogP contribution in [0.15, 0.2) is 42.5 Å². The Kier molecular flexibility index (Phi) is 5.57. The second kappa shape index (κ2) is 7.86. The van der Waals surface area contributed by atoms with Gasteiger partial charge in [0.2, 0.25) is 5.91 Å². The van der Waals surface area contributed by atoms with E-state index >= 15 is 0 Å². The molecule has 5 nitrogen and oxygen atoms in total. The number of anilines is 2. The van der Waals surface area contributed by atoms with E-state index in [1.54, 1.807) is 17.0 Å². The summed E-state index contributed by atoms with van der Waals surface area (Å²) in [5.74, 6) is 0.545. The zero-order valence-electron chi connectivity index (χ0n) is 13.9.